The number of thioether (sulfide) groups is 1. The van der Waals surface area contributed by atoms with Gasteiger partial charge < -0.3 is 4.90 Å². The zero-order valence-corrected chi connectivity index (χ0v) is 10.3. The lowest BCUT2D eigenvalue weighted by Gasteiger charge is -2.07. The van der Waals surface area contributed by atoms with Crippen molar-refractivity contribution < 1.29 is 0 Å². The van der Waals surface area contributed by atoms with Gasteiger partial charge in [0.15, 0.2) is 5.15 Å². The van der Waals surface area contributed by atoms with Gasteiger partial charge in [0.05, 0.1) is 0 Å². The lowest BCUT2D eigenvalue weighted by Crippen LogP contribution is -2.14. The standard InChI is InChI=1S/C8H10ClN3S2/c1-12(2)3-4-13-8-6(5-10)7(9)11-14-8/h3-4H2,1-2H3. The summed E-state index contributed by atoms with van der Waals surface area (Å²) < 4.78 is 4.85. The maximum absolute atomic E-state index is 8.81. The summed E-state index contributed by atoms with van der Waals surface area (Å²) in [6, 6.07) is 2.06. The second-order valence-corrected chi connectivity index (χ2v) is 5.39. The molecule has 0 saturated carbocycles. The summed E-state index contributed by atoms with van der Waals surface area (Å²) in [6.07, 6.45) is 0. The molecule has 0 aromatic carbocycles. The van der Waals surface area contributed by atoms with Crippen molar-refractivity contribution in [1.29, 1.82) is 5.26 Å². The van der Waals surface area contributed by atoms with E-state index in [4.69, 9.17) is 16.9 Å². The summed E-state index contributed by atoms with van der Waals surface area (Å²) >= 11 is 8.66. The molecular weight excluding hydrogens is 238 g/mol. The molecular formula is C8H10ClN3S2. The van der Waals surface area contributed by atoms with Crippen molar-refractivity contribution in [1.82, 2.24) is 9.27 Å². The summed E-state index contributed by atoms with van der Waals surface area (Å²) in [5.74, 6) is 0.945. The predicted molar refractivity (Wildman–Crippen MR) is 61.1 cm³/mol. The first-order chi connectivity index (χ1) is 6.65. The van der Waals surface area contributed by atoms with Gasteiger partial charge in [0, 0.05) is 12.3 Å². The van der Waals surface area contributed by atoms with Gasteiger partial charge in [-0.1, -0.05) is 11.6 Å². The first kappa shape index (κ1) is 11.8. The molecule has 76 valence electrons. The van der Waals surface area contributed by atoms with E-state index < -0.39 is 0 Å². The Labute approximate surface area is 96.8 Å². The highest BCUT2D eigenvalue weighted by Gasteiger charge is 2.11. The summed E-state index contributed by atoms with van der Waals surface area (Å²) in [7, 11) is 4.04. The van der Waals surface area contributed by atoms with Gasteiger partial charge in [0.1, 0.15) is 15.8 Å². The van der Waals surface area contributed by atoms with E-state index in [1.807, 2.05) is 14.1 Å². The van der Waals surface area contributed by atoms with E-state index in [1.54, 1.807) is 11.8 Å². The van der Waals surface area contributed by atoms with Crippen LogP contribution < -0.4 is 0 Å². The lowest BCUT2D eigenvalue weighted by atomic mass is 10.4. The number of nitriles is 1. The quantitative estimate of drug-likeness (QED) is 0.766. The number of aromatic nitrogens is 1. The van der Waals surface area contributed by atoms with Crippen molar-refractivity contribution >= 4 is 34.9 Å². The molecule has 0 fully saturated rings. The molecule has 0 radical (unpaired) electrons. The minimum Gasteiger partial charge on any atom is -0.309 e. The molecule has 1 aromatic rings. The van der Waals surface area contributed by atoms with Crippen LogP contribution in [0.2, 0.25) is 5.15 Å². The van der Waals surface area contributed by atoms with E-state index in [0.717, 1.165) is 16.5 Å². The molecule has 14 heavy (non-hydrogen) atoms. The fourth-order valence-electron chi connectivity index (χ4n) is 0.768. The normalized spacial score (nSPS) is 10.5. The molecule has 0 amide bonds. The molecule has 0 aliphatic carbocycles. The molecule has 0 saturated heterocycles. The van der Waals surface area contributed by atoms with E-state index in [0.29, 0.717) is 10.7 Å². The highest BCUT2D eigenvalue weighted by molar-refractivity contribution is 8.01. The third-order valence-electron chi connectivity index (χ3n) is 1.50. The van der Waals surface area contributed by atoms with Crippen LogP contribution in [0.5, 0.6) is 0 Å². The third kappa shape index (κ3) is 3.14. The molecule has 0 N–H and O–H groups in total. The summed E-state index contributed by atoms with van der Waals surface area (Å²) in [5, 5.41) is 9.13. The van der Waals surface area contributed by atoms with Gasteiger partial charge in [-0.2, -0.15) is 9.64 Å². The van der Waals surface area contributed by atoms with E-state index in [9.17, 15) is 0 Å². The molecule has 0 atom stereocenters. The van der Waals surface area contributed by atoms with Gasteiger partial charge in [0.25, 0.3) is 0 Å². The third-order valence-corrected chi connectivity index (χ3v) is 3.95. The highest BCUT2D eigenvalue weighted by Crippen LogP contribution is 2.31. The summed E-state index contributed by atoms with van der Waals surface area (Å²) in [6.45, 7) is 0.977. The Morgan fingerprint density at radius 3 is 2.93 bits per heavy atom. The van der Waals surface area contributed by atoms with Crippen LogP contribution in [0.25, 0.3) is 0 Å². The van der Waals surface area contributed by atoms with E-state index in [-0.39, 0.29) is 0 Å². The smallest absolute Gasteiger partial charge is 0.161 e. The fraction of sp³-hybridized carbons (Fsp3) is 0.500. The van der Waals surface area contributed by atoms with Gasteiger partial charge in [-0.3, -0.25) is 0 Å². The van der Waals surface area contributed by atoms with Crippen LogP contribution in [0.15, 0.2) is 4.21 Å². The van der Waals surface area contributed by atoms with Crippen molar-refractivity contribution in [2.45, 2.75) is 4.21 Å². The van der Waals surface area contributed by atoms with Crippen LogP contribution >= 0.6 is 34.9 Å². The molecule has 0 spiro atoms. The second kappa shape index (κ2) is 5.56. The lowest BCUT2D eigenvalue weighted by molar-refractivity contribution is 0.437. The number of rotatable bonds is 4. The number of hydrogen-bond acceptors (Lipinski definition) is 5. The first-order valence-electron chi connectivity index (χ1n) is 3.98. The Kier molecular flexibility index (Phi) is 4.69. The SMILES string of the molecule is CN(C)CCSc1snc(Cl)c1C#N. The molecule has 0 aliphatic heterocycles. The van der Waals surface area contributed by atoms with Crippen molar-refractivity contribution in [2.24, 2.45) is 0 Å². The number of halogens is 1. The Morgan fingerprint density at radius 1 is 1.64 bits per heavy atom. The van der Waals surface area contributed by atoms with Gasteiger partial charge in [0.2, 0.25) is 0 Å². The van der Waals surface area contributed by atoms with Gasteiger partial charge >= 0.3 is 0 Å². The van der Waals surface area contributed by atoms with E-state index in [1.165, 1.54) is 11.5 Å². The van der Waals surface area contributed by atoms with Crippen molar-refractivity contribution in [3.8, 4) is 6.07 Å². The Balaban J connectivity index is 2.55. The van der Waals surface area contributed by atoms with Crippen LogP contribution in [-0.2, 0) is 0 Å². The average molecular weight is 248 g/mol. The monoisotopic (exact) mass is 247 g/mol. The number of nitrogens with zero attached hydrogens (tertiary/aromatic N) is 3. The van der Waals surface area contributed by atoms with E-state index in [2.05, 4.69) is 15.3 Å². The minimum absolute atomic E-state index is 0.324. The topological polar surface area (TPSA) is 39.9 Å². The highest BCUT2D eigenvalue weighted by atomic mass is 35.5. The average Bonchev–Trinajstić information content (AvgIpc) is 2.46. The summed E-state index contributed by atoms with van der Waals surface area (Å²) in [5.41, 5.74) is 0.514. The van der Waals surface area contributed by atoms with Crippen LogP contribution in [0.4, 0.5) is 0 Å². The van der Waals surface area contributed by atoms with Crippen molar-refractivity contribution in [3.63, 3.8) is 0 Å². The van der Waals surface area contributed by atoms with Crippen LogP contribution in [-0.4, -0.2) is 35.7 Å². The van der Waals surface area contributed by atoms with Crippen LogP contribution in [0.3, 0.4) is 0 Å². The number of hydrogen-bond donors (Lipinski definition) is 0. The Hall–Kier alpha value is -0.280. The predicted octanol–water partition coefficient (Wildman–Crippen LogP) is 2.32. The zero-order valence-electron chi connectivity index (χ0n) is 7.95. The molecule has 1 aromatic heterocycles. The molecule has 3 nitrogen and oxygen atoms in total. The van der Waals surface area contributed by atoms with Gasteiger partial charge in [-0.25, -0.2) is 0 Å². The minimum atomic E-state index is 0.324. The fourth-order valence-corrected chi connectivity index (χ4v) is 3.11. The molecule has 6 heteroatoms. The molecule has 0 aliphatic rings. The first-order valence-corrected chi connectivity index (χ1v) is 6.11. The maximum atomic E-state index is 8.81. The summed E-state index contributed by atoms with van der Waals surface area (Å²) in [4.78, 5) is 2.10. The Morgan fingerprint density at radius 2 is 2.36 bits per heavy atom. The molecule has 1 heterocycles. The van der Waals surface area contributed by atoms with Gasteiger partial charge in [-0.15, -0.1) is 11.8 Å². The second-order valence-electron chi connectivity index (χ2n) is 2.90. The zero-order chi connectivity index (χ0) is 10.6. The molecule has 0 bridgehead atoms. The van der Waals surface area contributed by atoms with Crippen LogP contribution in [0.1, 0.15) is 5.56 Å². The molecule has 0 unspecified atom stereocenters. The Bertz CT molecular complexity index is 343. The maximum Gasteiger partial charge on any atom is 0.161 e. The molecule has 1 rings (SSSR count). The van der Waals surface area contributed by atoms with E-state index >= 15 is 0 Å². The van der Waals surface area contributed by atoms with Crippen LogP contribution in [0, 0.1) is 11.3 Å². The van der Waals surface area contributed by atoms with Crippen molar-refractivity contribution in [2.75, 3.05) is 26.4 Å². The largest absolute Gasteiger partial charge is 0.309 e. The van der Waals surface area contributed by atoms with Crippen molar-refractivity contribution in [3.05, 3.63) is 10.7 Å². The van der Waals surface area contributed by atoms with Gasteiger partial charge in [-0.05, 0) is 25.6 Å².